The molecule has 2 rings (SSSR count). The van der Waals surface area contributed by atoms with Gasteiger partial charge in [0, 0.05) is 11.1 Å². The average molecular weight is 280 g/mol. The van der Waals surface area contributed by atoms with Crippen LogP contribution < -0.4 is 10.1 Å². The largest absolute Gasteiger partial charge is 0.496 e. The van der Waals surface area contributed by atoms with Gasteiger partial charge in [-0.15, -0.1) is 0 Å². The molecule has 1 aromatic rings. The number of likely N-dealkylation sites (N-methyl/N-ethyl adjacent to an activating group) is 1. The first-order valence-electron chi connectivity index (χ1n) is 7.26. The van der Waals surface area contributed by atoms with Crippen LogP contribution in [0.5, 0.6) is 5.75 Å². The van der Waals surface area contributed by atoms with Gasteiger partial charge in [-0.25, -0.2) is 4.39 Å². The van der Waals surface area contributed by atoms with E-state index in [4.69, 9.17) is 4.74 Å². The number of rotatable bonds is 5. The second-order valence-corrected chi connectivity index (χ2v) is 5.96. The molecule has 0 spiro atoms. The summed E-state index contributed by atoms with van der Waals surface area (Å²) in [6.45, 7) is 6.62. The first-order chi connectivity index (χ1) is 9.50. The summed E-state index contributed by atoms with van der Waals surface area (Å²) in [6, 6.07) is 4.75. The Bertz CT molecular complexity index is 456. The minimum absolute atomic E-state index is 0.0197. The highest BCUT2D eigenvalue weighted by Gasteiger charge is 2.38. The minimum Gasteiger partial charge on any atom is -0.496 e. The highest BCUT2D eigenvalue weighted by atomic mass is 19.1. The third-order valence-electron chi connectivity index (χ3n) is 4.42. The third kappa shape index (κ3) is 2.81. The summed E-state index contributed by atoms with van der Waals surface area (Å²) in [4.78, 5) is 2.47. The summed E-state index contributed by atoms with van der Waals surface area (Å²) < 4.78 is 19.1. The first kappa shape index (κ1) is 15.3. The molecule has 0 aromatic heterocycles. The van der Waals surface area contributed by atoms with Crippen LogP contribution in [0.1, 0.15) is 38.3 Å². The van der Waals surface area contributed by atoms with Crippen LogP contribution in [0.25, 0.3) is 0 Å². The number of benzene rings is 1. The molecule has 3 nitrogen and oxygen atoms in total. The molecule has 0 radical (unpaired) electrons. The molecular weight excluding hydrogens is 255 g/mol. The lowest BCUT2D eigenvalue weighted by molar-refractivity contribution is 0.109. The summed E-state index contributed by atoms with van der Waals surface area (Å²) in [5, 5.41) is 3.35. The van der Waals surface area contributed by atoms with Gasteiger partial charge in [-0.2, -0.15) is 0 Å². The van der Waals surface area contributed by atoms with Gasteiger partial charge in [0.05, 0.1) is 13.2 Å². The summed E-state index contributed by atoms with van der Waals surface area (Å²) in [7, 11) is 3.55. The van der Waals surface area contributed by atoms with Gasteiger partial charge >= 0.3 is 0 Å². The second kappa shape index (κ2) is 6.10. The Morgan fingerprint density at radius 3 is 2.50 bits per heavy atom. The predicted molar refractivity (Wildman–Crippen MR) is 79.6 cm³/mol. The van der Waals surface area contributed by atoms with Crippen LogP contribution in [0.2, 0.25) is 0 Å². The van der Waals surface area contributed by atoms with Crippen molar-refractivity contribution in [3.63, 3.8) is 0 Å². The molecule has 4 heteroatoms. The lowest BCUT2D eigenvalue weighted by Gasteiger charge is -2.42. The summed E-state index contributed by atoms with van der Waals surface area (Å²) in [5.74, 6) is 0.510. The number of likely N-dealkylation sites (tertiary alicyclic amines) is 1. The van der Waals surface area contributed by atoms with Crippen molar-refractivity contribution in [2.24, 2.45) is 0 Å². The van der Waals surface area contributed by atoms with Gasteiger partial charge < -0.3 is 10.1 Å². The Labute approximate surface area is 121 Å². The van der Waals surface area contributed by atoms with Gasteiger partial charge in [-0.1, -0.05) is 0 Å². The van der Waals surface area contributed by atoms with Crippen molar-refractivity contribution in [3.8, 4) is 5.75 Å². The maximum absolute atomic E-state index is 13.6. The average Bonchev–Trinajstić information content (AvgIpc) is 2.94. The first-order valence-corrected chi connectivity index (χ1v) is 7.26. The number of hydrogen-bond donors (Lipinski definition) is 1. The normalized spacial score (nSPS) is 18.2. The molecule has 0 bridgehead atoms. The fourth-order valence-electron chi connectivity index (χ4n) is 3.30. The van der Waals surface area contributed by atoms with E-state index >= 15 is 0 Å². The van der Waals surface area contributed by atoms with Crippen molar-refractivity contribution in [1.29, 1.82) is 0 Å². The van der Waals surface area contributed by atoms with Gasteiger partial charge in [-0.3, -0.25) is 4.90 Å². The fourth-order valence-corrected chi connectivity index (χ4v) is 3.30. The Kier molecular flexibility index (Phi) is 4.66. The number of nitrogens with one attached hydrogen (secondary N) is 1. The summed E-state index contributed by atoms with van der Waals surface area (Å²) in [5.41, 5.74) is 0.790. The molecule has 0 amide bonds. The highest BCUT2D eigenvalue weighted by molar-refractivity contribution is 5.38. The van der Waals surface area contributed by atoms with Crippen LogP contribution in [0.15, 0.2) is 18.2 Å². The third-order valence-corrected chi connectivity index (χ3v) is 4.42. The maximum Gasteiger partial charge on any atom is 0.123 e. The van der Waals surface area contributed by atoms with Crippen LogP contribution >= 0.6 is 0 Å². The van der Waals surface area contributed by atoms with Crippen LogP contribution in [0, 0.1) is 5.82 Å². The Morgan fingerprint density at radius 2 is 1.95 bits per heavy atom. The Morgan fingerprint density at radius 1 is 1.30 bits per heavy atom. The molecule has 0 saturated carbocycles. The van der Waals surface area contributed by atoms with E-state index in [1.165, 1.54) is 18.9 Å². The van der Waals surface area contributed by atoms with Crippen molar-refractivity contribution < 1.29 is 9.13 Å². The highest BCUT2D eigenvalue weighted by Crippen LogP contribution is 2.37. The van der Waals surface area contributed by atoms with Crippen LogP contribution in [0.3, 0.4) is 0 Å². The zero-order chi connectivity index (χ0) is 14.8. The Hall–Kier alpha value is -1.13. The zero-order valence-corrected chi connectivity index (χ0v) is 12.9. The Balaban J connectivity index is 2.38. The number of halogens is 1. The van der Waals surface area contributed by atoms with E-state index in [0.29, 0.717) is 0 Å². The van der Waals surface area contributed by atoms with E-state index in [1.807, 2.05) is 7.05 Å². The van der Waals surface area contributed by atoms with E-state index in [1.54, 1.807) is 19.2 Å². The van der Waals surface area contributed by atoms with Gasteiger partial charge in [0.15, 0.2) is 0 Å². The SMILES string of the molecule is CNC(c1cc(F)ccc1OC)C(C)(C)N1CCCC1. The summed E-state index contributed by atoms with van der Waals surface area (Å²) in [6.07, 6.45) is 2.47. The van der Waals surface area contributed by atoms with Gasteiger partial charge in [0.25, 0.3) is 0 Å². The van der Waals surface area contributed by atoms with Crippen molar-refractivity contribution in [1.82, 2.24) is 10.2 Å². The molecule has 0 aliphatic carbocycles. The number of nitrogens with zero attached hydrogens (tertiary/aromatic N) is 1. The van der Waals surface area contributed by atoms with E-state index in [9.17, 15) is 4.39 Å². The van der Waals surface area contributed by atoms with Crippen molar-refractivity contribution in [3.05, 3.63) is 29.6 Å². The quantitative estimate of drug-likeness (QED) is 0.897. The standard InChI is InChI=1S/C16H25FN2O/c1-16(2,19-9-5-6-10-19)15(18-3)13-11-12(17)7-8-14(13)20-4/h7-8,11,15,18H,5-6,9-10H2,1-4H3. The number of methoxy groups -OCH3 is 1. The molecule has 1 aliphatic rings. The number of hydrogen-bond acceptors (Lipinski definition) is 3. The molecule has 1 fully saturated rings. The molecule has 1 atom stereocenters. The smallest absolute Gasteiger partial charge is 0.123 e. The molecule has 1 N–H and O–H groups in total. The van der Waals surface area contributed by atoms with E-state index in [2.05, 4.69) is 24.1 Å². The molecule has 112 valence electrons. The van der Waals surface area contributed by atoms with Crippen molar-refractivity contribution in [2.75, 3.05) is 27.2 Å². The maximum atomic E-state index is 13.6. The molecule has 1 unspecified atom stereocenters. The van der Waals surface area contributed by atoms with E-state index < -0.39 is 0 Å². The topological polar surface area (TPSA) is 24.5 Å². The zero-order valence-electron chi connectivity index (χ0n) is 12.9. The van der Waals surface area contributed by atoms with Crippen LogP contribution in [-0.2, 0) is 0 Å². The van der Waals surface area contributed by atoms with Crippen LogP contribution in [0.4, 0.5) is 4.39 Å². The molecular formula is C16H25FN2O. The van der Waals surface area contributed by atoms with Gasteiger partial charge in [0.2, 0.25) is 0 Å². The fraction of sp³-hybridized carbons (Fsp3) is 0.625. The van der Waals surface area contributed by atoms with Crippen molar-refractivity contribution in [2.45, 2.75) is 38.3 Å². The van der Waals surface area contributed by atoms with Crippen LogP contribution in [-0.4, -0.2) is 37.7 Å². The lowest BCUT2D eigenvalue weighted by Crippen LogP contribution is -2.50. The monoisotopic (exact) mass is 280 g/mol. The minimum atomic E-state index is -0.224. The molecule has 1 saturated heterocycles. The molecule has 20 heavy (non-hydrogen) atoms. The van der Waals surface area contributed by atoms with E-state index in [-0.39, 0.29) is 17.4 Å². The lowest BCUT2D eigenvalue weighted by atomic mass is 9.86. The van der Waals surface area contributed by atoms with Gasteiger partial charge in [0.1, 0.15) is 11.6 Å². The molecule has 1 heterocycles. The van der Waals surface area contributed by atoms with Crippen molar-refractivity contribution >= 4 is 0 Å². The van der Waals surface area contributed by atoms with E-state index in [0.717, 1.165) is 24.4 Å². The summed E-state index contributed by atoms with van der Waals surface area (Å²) >= 11 is 0. The predicted octanol–water partition coefficient (Wildman–Crippen LogP) is 2.97. The van der Waals surface area contributed by atoms with Gasteiger partial charge in [-0.05, 0) is 65.0 Å². The molecule has 1 aliphatic heterocycles. The number of ether oxygens (including phenoxy) is 1. The second-order valence-electron chi connectivity index (χ2n) is 5.96. The molecule has 1 aromatic carbocycles.